The Morgan fingerprint density at radius 1 is 1.33 bits per heavy atom. The van der Waals surface area contributed by atoms with Crippen LogP contribution < -0.4 is 4.74 Å². The third-order valence-electron chi connectivity index (χ3n) is 2.50. The minimum atomic E-state index is -0.405. The molecule has 1 aromatic carbocycles. The van der Waals surface area contributed by atoms with Crippen molar-refractivity contribution in [2.45, 2.75) is 33.3 Å². The number of esters is 1. The van der Waals surface area contributed by atoms with Crippen molar-refractivity contribution in [2.24, 2.45) is 0 Å². The summed E-state index contributed by atoms with van der Waals surface area (Å²) in [5.74, 6) is 0.0454. The molecule has 0 bridgehead atoms. The zero-order valence-corrected chi connectivity index (χ0v) is 10.9. The Labute approximate surface area is 107 Å². The molecule has 0 aliphatic carbocycles. The summed E-state index contributed by atoms with van der Waals surface area (Å²) in [6.45, 7) is 5.10. The molecule has 1 atom stereocenters. The van der Waals surface area contributed by atoms with Crippen LogP contribution in [0.25, 0.3) is 0 Å². The van der Waals surface area contributed by atoms with E-state index in [-0.39, 0.29) is 18.5 Å². The van der Waals surface area contributed by atoms with Crippen LogP contribution >= 0.6 is 0 Å². The molecule has 4 nitrogen and oxygen atoms in total. The summed E-state index contributed by atoms with van der Waals surface area (Å²) >= 11 is 0. The van der Waals surface area contributed by atoms with E-state index in [0.717, 1.165) is 6.42 Å². The van der Waals surface area contributed by atoms with Gasteiger partial charge >= 0.3 is 5.97 Å². The van der Waals surface area contributed by atoms with Crippen molar-refractivity contribution >= 4 is 11.8 Å². The van der Waals surface area contributed by atoms with Gasteiger partial charge in [0.25, 0.3) is 0 Å². The highest BCUT2D eigenvalue weighted by molar-refractivity contribution is 5.94. The Balaban J connectivity index is 2.50. The van der Waals surface area contributed by atoms with Gasteiger partial charge in [-0.1, -0.05) is 19.1 Å². The molecule has 18 heavy (non-hydrogen) atoms. The molecular weight excluding hydrogens is 232 g/mol. The first kappa shape index (κ1) is 14.2. The largest absolute Gasteiger partial charge is 0.482 e. The minimum Gasteiger partial charge on any atom is -0.482 e. The number of hydrogen-bond donors (Lipinski definition) is 0. The van der Waals surface area contributed by atoms with E-state index < -0.39 is 5.97 Å². The molecule has 0 aliphatic heterocycles. The lowest BCUT2D eigenvalue weighted by atomic mass is 10.1. The molecule has 0 aromatic heterocycles. The van der Waals surface area contributed by atoms with Crippen LogP contribution in [-0.2, 0) is 9.53 Å². The summed E-state index contributed by atoms with van der Waals surface area (Å²) in [6, 6.07) is 6.72. The van der Waals surface area contributed by atoms with E-state index in [1.807, 2.05) is 13.8 Å². The van der Waals surface area contributed by atoms with Gasteiger partial charge in [0.2, 0.25) is 0 Å². The van der Waals surface area contributed by atoms with Crippen LogP contribution in [0.2, 0.25) is 0 Å². The van der Waals surface area contributed by atoms with Crippen molar-refractivity contribution in [3.8, 4) is 5.75 Å². The monoisotopic (exact) mass is 250 g/mol. The lowest BCUT2D eigenvalue weighted by Gasteiger charge is -2.11. The summed E-state index contributed by atoms with van der Waals surface area (Å²) in [7, 11) is 0. The number of carbonyl (C=O) groups excluding carboxylic acids is 2. The van der Waals surface area contributed by atoms with Crippen molar-refractivity contribution in [1.82, 2.24) is 0 Å². The average molecular weight is 250 g/mol. The molecule has 0 N–H and O–H groups in total. The first-order chi connectivity index (χ1) is 8.52. The van der Waals surface area contributed by atoms with Crippen LogP contribution in [0.4, 0.5) is 0 Å². The molecular formula is C14H18O4. The highest BCUT2D eigenvalue weighted by Gasteiger charge is 2.09. The van der Waals surface area contributed by atoms with Crippen LogP contribution in [0.5, 0.6) is 5.75 Å². The third-order valence-corrected chi connectivity index (χ3v) is 2.50. The molecule has 4 heteroatoms. The summed E-state index contributed by atoms with van der Waals surface area (Å²) in [5.41, 5.74) is 0.558. The smallest absolute Gasteiger partial charge is 0.344 e. The molecule has 0 saturated heterocycles. The van der Waals surface area contributed by atoms with Gasteiger partial charge in [-0.05, 0) is 32.4 Å². The van der Waals surface area contributed by atoms with Crippen molar-refractivity contribution in [1.29, 1.82) is 0 Å². The quantitative estimate of drug-likeness (QED) is 0.575. The molecule has 1 unspecified atom stereocenters. The fourth-order valence-corrected chi connectivity index (χ4v) is 1.29. The minimum absolute atomic E-state index is 0.0392. The number of benzene rings is 1. The zero-order chi connectivity index (χ0) is 13.5. The highest BCUT2D eigenvalue weighted by Crippen LogP contribution is 2.13. The van der Waals surface area contributed by atoms with E-state index in [2.05, 4.69) is 0 Å². The Hall–Kier alpha value is -1.84. The predicted octanol–water partition coefficient (Wildman–Crippen LogP) is 2.61. The molecule has 1 aromatic rings. The first-order valence-corrected chi connectivity index (χ1v) is 5.96. The first-order valence-electron chi connectivity index (χ1n) is 5.96. The van der Waals surface area contributed by atoms with Gasteiger partial charge in [0.1, 0.15) is 5.75 Å². The normalized spacial score (nSPS) is 11.7. The molecule has 0 spiro atoms. The SMILES string of the molecule is CCC(C)OC(=O)COc1cccc(C(C)=O)c1. The van der Waals surface area contributed by atoms with Crippen LogP contribution in [0.3, 0.4) is 0 Å². The lowest BCUT2D eigenvalue weighted by Crippen LogP contribution is -2.20. The number of hydrogen-bond acceptors (Lipinski definition) is 4. The van der Waals surface area contributed by atoms with E-state index >= 15 is 0 Å². The standard InChI is InChI=1S/C14H18O4/c1-4-10(2)18-14(16)9-17-13-7-5-6-12(8-13)11(3)15/h5-8,10H,4,9H2,1-3H3. The van der Waals surface area contributed by atoms with Gasteiger partial charge < -0.3 is 9.47 Å². The predicted molar refractivity (Wildman–Crippen MR) is 67.8 cm³/mol. The van der Waals surface area contributed by atoms with Gasteiger partial charge in [0, 0.05) is 5.56 Å². The number of ketones is 1. The van der Waals surface area contributed by atoms with Gasteiger partial charge in [-0.3, -0.25) is 4.79 Å². The number of Topliss-reactive ketones (excluding diaryl/α,β-unsaturated/α-hetero) is 1. The number of ether oxygens (including phenoxy) is 2. The molecule has 0 heterocycles. The van der Waals surface area contributed by atoms with E-state index in [1.54, 1.807) is 24.3 Å². The summed E-state index contributed by atoms with van der Waals surface area (Å²) in [4.78, 5) is 22.6. The average Bonchev–Trinajstić information content (AvgIpc) is 2.36. The summed E-state index contributed by atoms with van der Waals surface area (Å²) in [6.07, 6.45) is 0.663. The van der Waals surface area contributed by atoms with E-state index in [0.29, 0.717) is 11.3 Å². The van der Waals surface area contributed by atoms with Gasteiger partial charge in [-0.25, -0.2) is 4.79 Å². The second-order valence-corrected chi connectivity index (χ2v) is 4.08. The Bertz CT molecular complexity index is 426. The van der Waals surface area contributed by atoms with Crippen LogP contribution in [-0.4, -0.2) is 24.5 Å². The van der Waals surface area contributed by atoms with Crippen molar-refractivity contribution in [3.05, 3.63) is 29.8 Å². The van der Waals surface area contributed by atoms with Gasteiger partial charge in [-0.15, -0.1) is 0 Å². The highest BCUT2D eigenvalue weighted by atomic mass is 16.6. The third kappa shape index (κ3) is 4.57. The maximum atomic E-state index is 11.4. The number of rotatable bonds is 6. The van der Waals surface area contributed by atoms with Crippen molar-refractivity contribution in [3.63, 3.8) is 0 Å². The molecule has 1 rings (SSSR count). The van der Waals surface area contributed by atoms with Gasteiger partial charge in [0.05, 0.1) is 6.10 Å². The van der Waals surface area contributed by atoms with Crippen LogP contribution in [0, 0.1) is 0 Å². The van der Waals surface area contributed by atoms with E-state index in [4.69, 9.17) is 9.47 Å². The Morgan fingerprint density at radius 2 is 2.06 bits per heavy atom. The number of carbonyl (C=O) groups is 2. The Morgan fingerprint density at radius 3 is 2.67 bits per heavy atom. The van der Waals surface area contributed by atoms with Gasteiger partial charge in [-0.2, -0.15) is 0 Å². The lowest BCUT2D eigenvalue weighted by molar-refractivity contribution is -0.150. The maximum absolute atomic E-state index is 11.4. The van der Waals surface area contributed by atoms with E-state index in [9.17, 15) is 9.59 Å². The molecule has 0 amide bonds. The van der Waals surface area contributed by atoms with Gasteiger partial charge in [0.15, 0.2) is 12.4 Å². The van der Waals surface area contributed by atoms with Crippen LogP contribution in [0.1, 0.15) is 37.6 Å². The molecule has 98 valence electrons. The van der Waals surface area contributed by atoms with Crippen molar-refractivity contribution in [2.75, 3.05) is 6.61 Å². The zero-order valence-electron chi connectivity index (χ0n) is 10.9. The maximum Gasteiger partial charge on any atom is 0.344 e. The summed E-state index contributed by atoms with van der Waals surface area (Å²) in [5, 5.41) is 0. The molecule has 0 fully saturated rings. The fourth-order valence-electron chi connectivity index (χ4n) is 1.29. The van der Waals surface area contributed by atoms with Crippen LogP contribution in [0.15, 0.2) is 24.3 Å². The van der Waals surface area contributed by atoms with Crippen molar-refractivity contribution < 1.29 is 19.1 Å². The topological polar surface area (TPSA) is 52.6 Å². The molecule has 0 aliphatic rings. The van der Waals surface area contributed by atoms with E-state index in [1.165, 1.54) is 6.92 Å². The molecule has 0 radical (unpaired) electrons. The second kappa shape index (κ2) is 6.79. The molecule has 0 saturated carbocycles. The fraction of sp³-hybridized carbons (Fsp3) is 0.429. The summed E-state index contributed by atoms with van der Waals surface area (Å²) < 4.78 is 10.3. The Kier molecular flexibility index (Phi) is 5.36. The second-order valence-electron chi connectivity index (χ2n) is 4.08.